The molecule has 0 aliphatic rings. The van der Waals surface area contributed by atoms with Crippen molar-refractivity contribution in [2.24, 2.45) is 0 Å². The van der Waals surface area contributed by atoms with Crippen molar-refractivity contribution in [3.05, 3.63) is 164 Å². The number of fused-ring (bicyclic) bond motifs is 9. The molecule has 11 rings (SSSR count). The molecule has 0 unspecified atom stereocenters. The molecule has 3 aromatic heterocycles. The molecule has 0 fully saturated rings. The number of furan rings is 1. The number of benzene rings is 8. The average molecular weight is 682 g/mol. The van der Waals surface area contributed by atoms with Gasteiger partial charge in [0.05, 0.1) is 0 Å². The predicted molar refractivity (Wildman–Crippen MR) is 217 cm³/mol. The van der Waals surface area contributed by atoms with Crippen LogP contribution < -0.4 is 0 Å². The van der Waals surface area contributed by atoms with Gasteiger partial charge in [0.1, 0.15) is 11.2 Å². The molecule has 0 N–H and O–H groups in total. The third-order valence-electron chi connectivity index (χ3n) is 10.1. The highest BCUT2D eigenvalue weighted by atomic mass is 32.1. The maximum atomic E-state index is 6.74. The van der Waals surface area contributed by atoms with Gasteiger partial charge < -0.3 is 4.42 Å². The van der Waals surface area contributed by atoms with Crippen molar-refractivity contribution < 1.29 is 4.42 Å². The number of hydrogen-bond acceptors (Lipinski definition) is 5. The molecule has 0 bridgehead atoms. The van der Waals surface area contributed by atoms with Crippen LogP contribution in [0.25, 0.3) is 109 Å². The molecule has 0 radical (unpaired) electrons. The Morgan fingerprint density at radius 3 is 1.92 bits per heavy atom. The van der Waals surface area contributed by atoms with Gasteiger partial charge in [-0.1, -0.05) is 140 Å². The van der Waals surface area contributed by atoms with Gasteiger partial charge in [-0.25, -0.2) is 15.0 Å². The highest BCUT2D eigenvalue weighted by molar-refractivity contribution is 7.25. The quantitative estimate of drug-likeness (QED) is 0.174. The number of aromatic nitrogens is 3. The van der Waals surface area contributed by atoms with Gasteiger partial charge in [-0.05, 0) is 51.4 Å². The van der Waals surface area contributed by atoms with Crippen LogP contribution in [0.4, 0.5) is 0 Å². The lowest BCUT2D eigenvalue weighted by atomic mass is 9.96. The lowest BCUT2D eigenvalue weighted by Gasteiger charge is -2.12. The molecular formula is C47H27N3OS. The summed E-state index contributed by atoms with van der Waals surface area (Å²) in [6.07, 6.45) is 0. The van der Waals surface area contributed by atoms with Crippen LogP contribution in [-0.2, 0) is 0 Å². The first kappa shape index (κ1) is 29.1. The van der Waals surface area contributed by atoms with E-state index in [2.05, 4.69) is 133 Å². The second kappa shape index (κ2) is 11.4. The van der Waals surface area contributed by atoms with Gasteiger partial charge in [-0.15, -0.1) is 11.3 Å². The summed E-state index contributed by atoms with van der Waals surface area (Å²) in [4.78, 5) is 15.6. The van der Waals surface area contributed by atoms with Gasteiger partial charge in [0.15, 0.2) is 17.5 Å². The SMILES string of the molecule is c1ccc(-c2nc(-c3cc4ccccc4c4ccccc34)nc(-c3cccc4oc5c(-c6ccc7c(c6)sc6ccccc67)cccc5c34)n2)cc1. The van der Waals surface area contributed by atoms with Crippen LogP contribution in [0, 0.1) is 0 Å². The zero-order chi connectivity index (χ0) is 34.2. The molecule has 0 saturated heterocycles. The van der Waals surface area contributed by atoms with E-state index in [1.54, 1.807) is 0 Å². The van der Waals surface area contributed by atoms with E-state index in [4.69, 9.17) is 19.4 Å². The van der Waals surface area contributed by atoms with E-state index in [1.165, 1.54) is 30.9 Å². The van der Waals surface area contributed by atoms with Crippen LogP contribution in [0.3, 0.4) is 0 Å². The summed E-state index contributed by atoms with van der Waals surface area (Å²) in [6.45, 7) is 0. The van der Waals surface area contributed by atoms with Crippen molar-refractivity contribution in [2.75, 3.05) is 0 Å². The van der Waals surface area contributed by atoms with Gasteiger partial charge >= 0.3 is 0 Å². The minimum absolute atomic E-state index is 0.603. The Labute approximate surface area is 302 Å². The van der Waals surface area contributed by atoms with E-state index in [9.17, 15) is 0 Å². The third-order valence-corrected chi connectivity index (χ3v) is 11.3. The highest BCUT2D eigenvalue weighted by Gasteiger charge is 2.21. The third kappa shape index (κ3) is 4.50. The summed E-state index contributed by atoms with van der Waals surface area (Å²) in [5.41, 5.74) is 6.63. The van der Waals surface area contributed by atoms with E-state index < -0.39 is 0 Å². The van der Waals surface area contributed by atoms with Crippen molar-refractivity contribution in [1.29, 1.82) is 0 Å². The summed E-state index contributed by atoms with van der Waals surface area (Å²) in [5, 5.41) is 9.21. The van der Waals surface area contributed by atoms with Crippen molar-refractivity contribution >= 4 is 75.0 Å². The fourth-order valence-corrected chi connectivity index (χ4v) is 8.87. The molecule has 3 heterocycles. The monoisotopic (exact) mass is 681 g/mol. The van der Waals surface area contributed by atoms with E-state index in [0.717, 1.165) is 60.5 Å². The molecule has 0 amide bonds. The first-order valence-corrected chi connectivity index (χ1v) is 18.2. The Balaban J connectivity index is 1.15. The summed E-state index contributed by atoms with van der Waals surface area (Å²) >= 11 is 1.83. The lowest BCUT2D eigenvalue weighted by molar-refractivity contribution is 0.670. The zero-order valence-electron chi connectivity index (χ0n) is 27.7. The number of nitrogens with zero attached hydrogens (tertiary/aromatic N) is 3. The molecule has 11 aromatic rings. The van der Waals surface area contributed by atoms with Crippen LogP contribution in [-0.4, -0.2) is 15.0 Å². The summed E-state index contributed by atoms with van der Waals surface area (Å²) in [5.74, 6) is 1.86. The Morgan fingerprint density at radius 1 is 0.385 bits per heavy atom. The molecule has 242 valence electrons. The lowest BCUT2D eigenvalue weighted by Crippen LogP contribution is -2.01. The molecule has 0 saturated carbocycles. The Morgan fingerprint density at radius 2 is 1.04 bits per heavy atom. The average Bonchev–Trinajstić information content (AvgIpc) is 3.79. The molecule has 0 spiro atoms. The van der Waals surface area contributed by atoms with Crippen LogP contribution in [0.2, 0.25) is 0 Å². The van der Waals surface area contributed by atoms with Gasteiger partial charge in [-0.3, -0.25) is 0 Å². The summed E-state index contributed by atoms with van der Waals surface area (Å²) in [6, 6.07) is 57.3. The number of rotatable bonds is 4. The van der Waals surface area contributed by atoms with Crippen LogP contribution in [0.5, 0.6) is 0 Å². The van der Waals surface area contributed by atoms with Gasteiger partial charge in [0.2, 0.25) is 0 Å². The van der Waals surface area contributed by atoms with E-state index >= 15 is 0 Å². The smallest absolute Gasteiger partial charge is 0.164 e. The molecule has 52 heavy (non-hydrogen) atoms. The normalized spacial score (nSPS) is 11.8. The van der Waals surface area contributed by atoms with E-state index in [-0.39, 0.29) is 0 Å². The Bertz CT molecular complexity index is 3200. The topological polar surface area (TPSA) is 51.8 Å². The predicted octanol–water partition coefficient (Wildman–Crippen LogP) is 13.1. The molecular weight excluding hydrogens is 655 g/mol. The second-order valence-electron chi connectivity index (χ2n) is 13.1. The van der Waals surface area contributed by atoms with Crippen LogP contribution in [0.1, 0.15) is 0 Å². The maximum Gasteiger partial charge on any atom is 0.164 e. The zero-order valence-corrected chi connectivity index (χ0v) is 28.6. The number of para-hydroxylation sites is 1. The summed E-state index contributed by atoms with van der Waals surface area (Å²) in [7, 11) is 0. The van der Waals surface area contributed by atoms with Crippen molar-refractivity contribution in [3.8, 4) is 45.3 Å². The fraction of sp³-hybridized carbons (Fsp3) is 0. The van der Waals surface area contributed by atoms with Gasteiger partial charge in [0.25, 0.3) is 0 Å². The minimum Gasteiger partial charge on any atom is -0.455 e. The van der Waals surface area contributed by atoms with Gasteiger partial charge in [0, 0.05) is 53.2 Å². The van der Waals surface area contributed by atoms with E-state index in [0.29, 0.717) is 17.5 Å². The van der Waals surface area contributed by atoms with Crippen LogP contribution >= 0.6 is 11.3 Å². The highest BCUT2D eigenvalue weighted by Crippen LogP contribution is 2.43. The maximum absolute atomic E-state index is 6.74. The second-order valence-corrected chi connectivity index (χ2v) is 14.2. The van der Waals surface area contributed by atoms with Crippen molar-refractivity contribution in [2.45, 2.75) is 0 Å². The first-order valence-electron chi connectivity index (χ1n) is 17.4. The number of thiophene rings is 1. The molecule has 4 nitrogen and oxygen atoms in total. The standard InChI is InChI=1S/C47H27N3OS/c1-2-12-28(13-3-1)45-48-46(50-47(49-45)39-26-29-14-4-5-15-31(29)33-16-6-7-17-34(33)39)38-21-11-22-40-43(38)37-20-10-19-32(44(37)51-40)30-24-25-36-35-18-8-9-23-41(35)52-42(36)27-30/h1-27H. The minimum atomic E-state index is 0.603. The first-order chi connectivity index (χ1) is 25.8. The molecule has 0 aliphatic carbocycles. The van der Waals surface area contributed by atoms with Crippen LogP contribution in [0.15, 0.2) is 168 Å². The Hall–Kier alpha value is -6.69. The van der Waals surface area contributed by atoms with Gasteiger partial charge in [-0.2, -0.15) is 0 Å². The van der Waals surface area contributed by atoms with Crippen molar-refractivity contribution in [1.82, 2.24) is 15.0 Å². The molecule has 5 heteroatoms. The van der Waals surface area contributed by atoms with E-state index in [1.807, 2.05) is 41.7 Å². The Kier molecular flexibility index (Phi) is 6.39. The van der Waals surface area contributed by atoms with Crippen molar-refractivity contribution in [3.63, 3.8) is 0 Å². The molecule has 0 atom stereocenters. The molecule has 0 aliphatic heterocycles. The largest absolute Gasteiger partial charge is 0.455 e. The summed E-state index contributed by atoms with van der Waals surface area (Å²) < 4.78 is 9.30. The molecule has 8 aromatic carbocycles. The fourth-order valence-electron chi connectivity index (χ4n) is 7.73. The number of hydrogen-bond donors (Lipinski definition) is 0.